The van der Waals surface area contributed by atoms with E-state index < -0.39 is 0 Å². The van der Waals surface area contributed by atoms with Gasteiger partial charge in [0.2, 0.25) is 0 Å². The summed E-state index contributed by atoms with van der Waals surface area (Å²) < 4.78 is 1.96. The van der Waals surface area contributed by atoms with Crippen molar-refractivity contribution in [3.8, 4) is 0 Å². The van der Waals surface area contributed by atoms with Crippen LogP contribution in [0.5, 0.6) is 0 Å². The fourth-order valence-corrected chi connectivity index (χ4v) is 4.28. The molecule has 2 N–H and O–H groups in total. The standard InChI is InChI=1S/C21H34N4O2/c1-4-11-25-18-10-9-16(22-21(2,3)15-26)14-17(18)19(23-25)20(27)24-12-7-5-6-8-13-24/h4,16,22,26H,1,5-15H2,2-3H3/t16-/m0/s1. The van der Waals surface area contributed by atoms with E-state index in [0.29, 0.717) is 12.2 Å². The van der Waals surface area contributed by atoms with Crippen molar-refractivity contribution in [1.29, 1.82) is 0 Å². The molecule has 1 aliphatic heterocycles. The summed E-state index contributed by atoms with van der Waals surface area (Å²) in [4.78, 5) is 15.2. The smallest absolute Gasteiger partial charge is 0.274 e. The van der Waals surface area contributed by atoms with E-state index in [9.17, 15) is 9.90 Å². The number of aliphatic hydroxyl groups is 1. The molecular formula is C21H34N4O2. The highest BCUT2D eigenvalue weighted by Crippen LogP contribution is 2.27. The third-order valence-corrected chi connectivity index (χ3v) is 5.73. The number of carbonyl (C=O) groups excluding carboxylic acids is 1. The van der Waals surface area contributed by atoms with Crippen molar-refractivity contribution in [2.75, 3.05) is 19.7 Å². The molecule has 150 valence electrons. The van der Waals surface area contributed by atoms with Crippen molar-refractivity contribution in [3.05, 3.63) is 29.6 Å². The maximum absolute atomic E-state index is 13.3. The number of likely N-dealkylation sites (tertiary alicyclic amines) is 1. The molecule has 1 fully saturated rings. The van der Waals surface area contributed by atoms with Gasteiger partial charge in [-0.3, -0.25) is 9.48 Å². The molecule has 6 heteroatoms. The zero-order valence-corrected chi connectivity index (χ0v) is 16.8. The fraction of sp³-hybridized carbons (Fsp3) is 0.714. The molecule has 3 rings (SSSR count). The lowest BCUT2D eigenvalue weighted by Gasteiger charge is -2.33. The van der Waals surface area contributed by atoms with Crippen LogP contribution in [0, 0.1) is 0 Å². The minimum atomic E-state index is -0.325. The lowest BCUT2D eigenvalue weighted by Crippen LogP contribution is -2.50. The topological polar surface area (TPSA) is 70.4 Å². The first-order valence-corrected chi connectivity index (χ1v) is 10.3. The Morgan fingerprint density at radius 3 is 2.67 bits per heavy atom. The molecule has 0 radical (unpaired) electrons. The molecule has 0 bridgehead atoms. The average Bonchev–Trinajstić information content (AvgIpc) is 2.83. The maximum atomic E-state index is 13.3. The Morgan fingerprint density at radius 2 is 2.04 bits per heavy atom. The largest absolute Gasteiger partial charge is 0.394 e. The van der Waals surface area contributed by atoms with Crippen LogP contribution in [0.2, 0.25) is 0 Å². The van der Waals surface area contributed by atoms with Gasteiger partial charge in [-0.1, -0.05) is 18.9 Å². The molecule has 0 saturated carbocycles. The lowest BCUT2D eigenvalue weighted by atomic mass is 9.89. The van der Waals surface area contributed by atoms with Gasteiger partial charge in [-0.15, -0.1) is 6.58 Å². The van der Waals surface area contributed by atoms with E-state index in [0.717, 1.165) is 50.8 Å². The molecular weight excluding hydrogens is 340 g/mol. The first-order valence-electron chi connectivity index (χ1n) is 10.3. The van der Waals surface area contributed by atoms with Gasteiger partial charge in [0.25, 0.3) is 5.91 Å². The third kappa shape index (κ3) is 4.61. The van der Waals surface area contributed by atoms with Gasteiger partial charge in [0.15, 0.2) is 5.69 Å². The summed E-state index contributed by atoms with van der Waals surface area (Å²) in [5.41, 5.74) is 2.56. The van der Waals surface area contributed by atoms with E-state index in [1.807, 2.05) is 29.5 Å². The quantitative estimate of drug-likeness (QED) is 0.750. The van der Waals surface area contributed by atoms with Gasteiger partial charge in [-0.25, -0.2) is 0 Å². The van der Waals surface area contributed by atoms with Crippen LogP contribution in [-0.4, -0.2) is 57.0 Å². The molecule has 6 nitrogen and oxygen atoms in total. The molecule has 27 heavy (non-hydrogen) atoms. The summed E-state index contributed by atoms with van der Waals surface area (Å²) in [6, 6.07) is 0.247. The normalized spacial score (nSPS) is 20.9. The second kappa shape index (κ2) is 8.57. The van der Waals surface area contributed by atoms with Crippen LogP contribution in [0.1, 0.15) is 67.7 Å². The highest BCUT2D eigenvalue weighted by molar-refractivity contribution is 5.94. The van der Waals surface area contributed by atoms with Gasteiger partial charge in [-0.2, -0.15) is 5.10 Å². The van der Waals surface area contributed by atoms with Crippen LogP contribution in [0.4, 0.5) is 0 Å². The van der Waals surface area contributed by atoms with E-state index in [1.165, 1.54) is 18.5 Å². The molecule has 1 aromatic rings. The minimum Gasteiger partial charge on any atom is -0.394 e. The Bertz CT molecular complexity index is 672. The monoisotopic (exact) mass is 374 g/mol. The first kappa shape index (κ1) is 20.1. The third-order valence-electron chi connectivity index (χ3n) is 5.73. The van der Waals surface area contributed by atoms with Crippen molar-refractivity contribution in [2.24, 2.45) is 0 Å². The zero-order valence-electron chi connectivity index (χ0n) is 16.8. The van der Waals surface area contributed by atoms with Crippen LogP contribution in [-0.2, 0) is 19.4 Å². The van der Waals surface area contributed by atoms with E-state index >= 15 is 0 Å². The molecule has 0 aromatic carbocycles. The number of amides is 1. The van der Waals surface area contributed by atoms with Crippen molar-refractivity contribution in [2.45, 2.75) is 76.9 Å². The van der Waals surface area contributed by atoms with Crippen LogP contribution < -0.4 is 5.32 Å². The van der Waals surface area contributed by atoms with E-state index in [4.69, 9.17) is 5.10 Å². The molecule has 2 aliphatic rings. The van der Waals surface area contributed by atoms with Crippen molar-refractivity contribution in [3.63, 3.8) is 0 Å². The average molecular weight is 375 g/mol. The van der Waals surface area contributed by atoms with E-state index in [1.54, 1.807) is 0 Å². The number of hydrogen-bond acceptors (Lipinski definition) is 4. The van der Waals surface area contributed by atoms with Crippen LogP contribution in [0.25, 0.3) is 0 Å². The Hall–Kier alpha value is -1.66. The number of nitrogens with one attached hydrogen (secondary N) is 1. The summed E-state index contributed by atoms with van der Waals surface area (Å²) in [7, 11) is 0. The number of aromatic nitrogens is 2. The Morgan fingerprint density at radius 1 is 1.33 bits per heavy atom. The number of rotatable bonds is 6. The highest BCUT2D eigenvalue weighted by atomic mass is 16.3. The summed E-state index contributed by atoms with van der Waals surface area (Å²) in [6.45, 7) is 10.2. The van der Waals surface area contributed by atoms with Crippen molar-refractivity contribution in [1.82, 2.24) is 20.0 Å². The first-order chi connectivity index (χ1) is 12.9. The predicted molar refractivity (Wildman–Crippen MR) is 107 cm³/mol. The van der Waals surface area contributed by atoms with Gasteiger partial charge in [0, 0.05) is 35.9 Å². The second-order valence-corrected chi connectivity index (χ2v) is 8.58. The van der Waals surface area contributed by atoms with E-state index in [2.05, 4.69) is 11.9 Å². The highest BCUT2D eigenvalue weighted by Gasteiger charge is 2.32. The number of carbonyl (C=O) groups is 1. The molecule has 1 amide bonds. The van der Waals surface area contributed by atoms with Crippen LogP contribution >= 0.6 is 0 Å². The Kier molecular flexibility index (Phi) is 6.37. The van der Waals surface area contributed by atoms with Crippen molar-refractivity contribution >= 4 is 5.91 Å². The fourth-order valence-electron chi connectivity index (χ4n) is 4.28. The summed E-state index contributed by atoms with van der Waals surface area (Å²) in [5, 5.41) is 17.8. The molecule has 1 atom stereocenters. The molecule has 1 aromatic heterocycles. The van der Waals surface area contributed by atoms with Gasteiger partial charge in [-0.05, 0) is 46.0 Å². The van der Waals surface area contributed by atoms with Gasteiger partial charge < -0.3 is 15.3 Å². The number of allylic oxidation sites excluding steroid dienone is 1. The predicted octanol–water partition coefficient (Wildman–Crippen LogP) is 2.30. The van der Waals surface area contributed by atoms with Crippen LogP contribution in [0.15, 0.2) is 12.7 Å². The molecule has 0 spiro atoms. The van der Waals surface area contributed by atoms with Gasteiger partial charge in [0.1, 0.15) is 0 Å². The summed E-state index contributed by atoms with van der Waals surface area (Å²) >= 11 is 0. The Balaban J connectivity index is 1.86. The number of aliphatic hydroxyl groups excluding tert-OH is 1. The molecule has 1 saturated heterocycles. The SMILES string of the molecule is C=CCn1nc(C(=O)N2CCCCCC2)c2c1CC[C@H](NC(C)(C)CO)C2. The van der Waals surface area contributed by atoms with Crippen molar-refractivity contribution < 1.29 is 9.90 Å². The minimum absolute atomic E-state index is 0.0815. The number of nitrogens with zero attached hydrogens (tertiary/aromatic N) is 3. The zero-order chi connectivity index (χ0) is 19.4. The Labute approximate surface area is 162 Å². The maximum Gasteiger partial charge on any atom is 0.274 e. The second-order valence-electron chi connectivity index (χ2n) is 8.58. The lowest BCUT2D eigenvalue weighted by molar-refractivity contribution is 0.0753. The summed E-state index contributed by atoms with van der Waals surface area (Å²) in [6.07, 6.45) is 9.06. The molecule has 0 unspecified atom stereocenters. The number of fused-ring (bicyclic) bond motifs is 1. The summed E-state index contributed by atoms with van der Waals surface area (Å²) in [5.74, 6) is 0.0815. The van der Waals surface area contributed by atoms with Crippen LogP contribution in [0.3, 0.4) is 0 Å². The van der Waals surface area contributed by atoms with Gasteiger partial charge >= 0.3 is 0 Å². The molecule has 1 aliphatic carbocycles. The number of hydrogen-bond donors (Lipinski definition) is 2. The van der Waals surface area contributed by atoms with E-state index in [-0.39, 0.29) is 24.1 Å². The van der Waals surface area contributed by atoms with Gasteiger partial charge in [0.05, 0.1) is 13.2 Å². The molecule has 2 heterocycles.